The van der Waals surface area contributed by atoms with Crippen LogP contribution in [0.1, 0.15) is 138 Å². The topological polar surface area (TPSA) is 235 Å². The van der Waals surface area contributed by atoms with E-state index in [1.54, 1.807) is 91.0 Å². The van der Waals surface area contributed by atoms with Gasteiger partial charge in [-0.25, -0.2) is 29.0 Å². The van der Waals surface area contributed by atoms with E-state index in [-0.39, 0.29) is 122 Å². The first-order valence-corrected chi connectivity index (χ1v) is 27.3. The standard InChI is InChI=1S/C66H70N4O13/c1-38(2)60(74)79-30-32-81-62(76)45-28-20-18-26-43(45)58(72)69-56-47(37-71)52(41-22-14-12-15-23-41)50(67-56)36-51-53(42-24-16-13-17-25-42)54(64(78)83-55-48(65(6,7)8)34-40(5)35-49(55)66(9,10)11)57(68-51)70-59(73)44-27-19-21-29-46(44)63(77)82-33-31-80-61(75)39(3)4/h12-29,36-37,40,48-49,55,67H,1,3,30-35H2,2,4-11H3,(H,69,72)(H,68,70,73)/b51-36-. The Hall–Kier alpha value is -9.25. The molecule has 7 rings (SSSR count). The maximum Gasteiger partial charge on any atom is 0.342 e. The number of carbonyl (C=O) groups excluding carboxylic acids is 8. The molecule has 1 aromatic heterocycles. The predicted molar refractivity (Wildman–Crippen MR) is 315 cm³/mol. The van der Waals surface area contributed by atoms with E-state index in [4.69, 9.17) is 28.7 Å². The number of ether oxygens (including phenoxy) is 5. The highest BCUT2D eigenvalue weighted by molar-refractivity contribution is 6.33. The molecule has 0 saturated heterocycles. The van der Waals surface area contributed by atoms with Crippen molar-refractivity contribution in [2.24, 2.45) is 33.6 Å². The van der Waals surface area contributed by atoms with Crippen LogP contribution in [0, 0.1) is 28.6 Å². The molecule has 17 heteroatoms. The summed E-state index contributed by atoms with van der Waals surface area (Å²) in [6.45, 7) is 23.9. The van der Waals surface area contributed by atoms with E-state index < -0.39 is 47.8 Å². The fourth-order valence-corrected chi connectivity index (χ4v) is 10.2. The first-order valence-electron chi connectivity index (χ1n) is 27.3. The molecule has 2 aliphatic rings. The molecule has 432 valence electrons. The molecule has 2 heterocycles. The zero-order valence-corrected chi connectivity index (χ0v) is 48.3. The Bertz CT molecular complexity index is 3420. The molecule has 2 amide bonds. The number of anilines is 1. The maximum atomic E-state index is 15.7. The molecule has 4 aromatic carbocycles. The molecule has 3 N–H and O–H groups in total. The lowest BCUT2D eigenvalue weighted by Gasteiger charge is -2.50. The average Bonchev–Trinajstić information content (AvgIpc) is 3.25. The van der Waals surface area contributed by atoms with E-state index in [1.807, 2.05) is 0 Å². The van der Waals surface area contributed by atoms with Crippen LogP contribution in [0.4, 0.5) is 5.82 Å². The number of amidine groups is 1. The van der Waals surface area contributed by atoms with Crippen molar-refractivity contribution in [2.45, 2.75) is 81.3 Å². The van der Waals surface area contributed by atoms with Crippen LogP contribution >= 0.6 is 0 Å². The van der Waals surface area contributed by atoms with Gasteiger partial charge in [0.1, 0.15) is 49.8 Å². The molecule has 0 bridgehead atoms. The fraction of sp³-hybridized carbons (Fsp3) is 0.318. The first kappa shape index (κ1) is 61.4. The second-order valence-corrected chi connectivity index (χ2v) is 22.8. The SMILES string of the molecule is C=C(C)C(=O)OCCOC(=O)c1ccccc1C(=O)NC1=N/C(=C\c2[nH]c(NC(=O)c3ccccc3C(=O)OCCOC(=O)C(=C)C)c(C=O)c2-c2ccccc2)C(c2ccccc2)=C1C(=O)OC1C(C(C)(C)C)CC(C)CC1C(C)(C)C. The van der Waals surface area contributed by atoms with Crippen LogP contribution in [-0.2, 0) is 38.1 Å². The quantitative estimate of drug-likeness (QED) is 0.0230. The highest BCUT2D eigenvalue weighted by Crippen LogP contribution is 2.50. The fourth-order valence-electron chi connectivity index (χ4n) is 10.2. The second-order valence-electron chi connectivity index (χ2n) is 22.8. The molecule has 1 fully saturated rings. The number of aromatic nitrogens is 1. The molecular formula is C66H70N4O13. The van der Waals surface area contributed by atoms with Gasteiger partial charge in [-0.1, -0.05) is 147 Å². The summed E-state index contributed by atoms with van der Waals surface area (Å²) in [6, 6.07) is 29.6. The lowest BCUT2D eigenvalue weighted by Crippen LogP contribution is -2.50. The molecule has 1 saturated carbocycles. The number of aliphatic imine (C=N–C) groups is 1. The zero-order valence-electron chi connectivity index (χ0n) is 48.3. The molecule has 0 spiro atoms. The van der Waals surface area contributed by atoms with Crippen molar-refractivity contribution in [1.29, 1.82) is 0 Å². The third kappa shape index (κ3) is 14.8. The van der Waals surface area contributed by atoms with E-state index in [0.717, 1.165) is 12.8 Å². The highest BCUT2D eigenvalue weighted by atomic mass is 16.6. The van der Waals surface area contributed by atoms with Gasteiger partial charge in [-0.3, -0.25) is 14.4 Å². The predicted octanol–water partition coefficient (Wildman–Crippen LogP) is 11.6. The maximum absolute atomic E-state index is 15.7. The van der Waals surface area contributed by atoms with Gasteiger partial charge in [0.15, 0.2) is 6.29 Å². The van der Waals surface area contributed by atoms with Crippen molar-refractivity contribution < 1.29 is 62.0 Å². The van der Waals surface area contributed by atoms with Gasteiger partial charge in [-0.2, -0.15) is 0 Å². The van der Waals surface area contributed by atoms with Gasteiger partial charge < -0.3 is 39.3 Å². The summed E-state index contributed by atoms with van der Waals surface area (Å²) in [6.07, 6.45) is 3.18. The molecule has 17 nitrogen and oxygen atoms in total. The minimum Gasteiger partial charge on any atom is -0.459 e. The van der Waals surface area contributed by atoms with Crippen molar-refractivity contribution in [3.63, 3.8) is 0 Å². The summed E-state index contributed by atoms with van der Waals surface area (Å²) in [5.41, 5.74) is 1.18. The number of benzene rings is 4. The van der Waals surface area contributed by atoms with Gasteiger partial charge in [-0.15, -0.1) is 0 Å². The molecule has 2 atom stereocenters. The van der Waals surface area contributed by atoms with Crippen molar-refractivity contribution in [1.82, 2.24) is 10.3 Å². The number of hydrogen-bond acceptors (Lipinski definition) is 14. The van der Waals surface area contributed by atoms with E-state index >= 15 is 4.79 Å². The second kappa shape index (κ2) is 26.6. The number of hydrogen-bond donors (Lipinski definition) is 3. The molecule has 1 aliphatic heterocycles. The number of rotatable bonds is 19. The summed E-state index contributed by atoms with van der Waals surface area (Å²) in [4.78, 5) is 117. The summed E-state index contributed by atoms with van der Waals surface area (Å²) in [7, 11) is 0. The molecule has 2 unspecified atom stereocenters. The Labute approximate surface area is 483 Å². The minimum atomic E-state index is -0.888. The number of H-pyrrole nitrogens is 1. The van der Waals surface area contributed by atoms with Crippen LogP contribution in [-0.4, -0.2) is 91.3 Å². The number of aromatic amines is 1. The number of nitrogens with one attached hydrogen (secondary N) is 3. The van der Waals surface area contributed by atoms with Crippen LogP contribution in [0.5, 0.6) is 0 Å². The summed E-state index contributed by atoms with van der Waals surface area (Å²) >= 11 is 0. The molecule has 0 radical (unpaired) electrons. The summed E-state index contributed by atoms with van der Waals surface area (Å²) in [5, 5.41) is 5.64. The Kier molecular flexibility index (Phi) is 19.6. The third-order valence-corrected chi connectivity index (χ3v) is 14.4. The summed E-state index contributed by atoms with van der Waals surface area (Å²) in [5.74, 6) is -5.56. The number of aldehydes is 1. The van der Waals surface area contributed by atoms with Crippen LogP contribution in [0.2, 0.25) is 0 Å². The van der Waals surface area contributed by atoms with Crippen LogP contribution in [0.25, 0.3) is 22.8 Å². The average molecular weight is 1130 g/mol. The number of esters is 5. The van der Waals surface area contributed by atoms with Gasteiger partial charge in [0.05, 0.1) is 39.2 Å². The third-order valence-electron chi connectivity index (χ3n) is 14.4. The monoisotopic (exact) mass is 1130 g/mol. The number of amides is 2. The molecular weight excluding hydrogens is 1060 g/mol. The van der Waals surface area contributed by atoms with Gasteiger partial charge in [-0.05, 0) is 84.9 Å². The van der Waals surface area contributed by atoms with E-state index in [2.05, 4.69) is 77.2 Å². The van der Waals surface area contributed by atoms with Gasteiger partial charge in [0.2, 0.25) is 0 Å². The molecule has 83 heavy (non-hydrogen) atoms. The number of allylic oxidation sites excluding steroid dienone is 1. The van der Waals surface area contributed by atoms with Gasteiger partial charge in [0, 0.05) is 34.1 Å². The lowest BCUT2D eigenvalue weighted by molar-refractivity contribution is -0.164. The van der Waals surface area contributed by atoms with Crippen LogP contribution in [0.3, 0.4) is 0 Å². The van der Waals surface area contributed by atoms with Gasteiger partial charge >= 0.3 is 29.8 Å². The van der Waals surface area contributed by atoms with E-state index in [0.29, 0.717) is 28.9 Å². The van der Waals surface area contributed by atoms with Crippen LogP contribution in [0.15, 0.2) is 150 Å². The normalized spacial score (nSPS) is 17.4. The zero-order chi connectivity index (χ0) is 60.3. The summed E-state index contributed by atoms with van der Waals surface area (Å²) < 4.78 is 27.8. The van der Waals surface area contributed by atoms with Crippen molar-refractivity contribution in [3.05, 3.63) is 184 Å². The van der Waals surface area contributed by atoms with Gasteiger partial charge in [0.25, 0.3) is 11.8 Å². The van der Waals surface area contributed by atoms with Crippen molar-refractivity contribution in [2.75, 3.05) is 31.7 Å². The highest BCUT2D eigenvalue weighted by Gasteiger charge is 2.49. The Morgan fingerprint density at radius 1 is 0.602 bits per heavy atom. The van der Waals surface area contributed by atoms with Crippen molar-refractivity contribution in [3.8, 4) is 11.1 Å². The Balaban J connectivity index is 1.37. The number of nitrogens with zero attached hydrogens (tertiary/aromatic N) is 1. The van der Waals surface area contributed by atoms with E-state index in [1.165, 1.54) is 38.1 Å². The smallest absolute Gasteiger partial charge is 0.342 e. The first-order chi connectivity index (χ1) is 39.4. The van der Waals surface area contributed by atoms with Crippen molar-refractivity contribution >= 4 is 71.2 Å². The van der Waals surface area contributed by atoms with Crippen LogP contribution < -0.4 is 10.6 Å². The Morgan fingerprint density at radius 2 is 1.04 bits per heavy atom. The number of carbonyl (C=O) groups is 8. The molecule has 5 aromatic rings. The minimum absolute atomic E-state index is 0.0154. The lowest BCUT2D eigenvalue weighted by atomic mass is 9.59. The largest absolute Gasteiger partial charge is 0.459 e. The molecule has 1 aliphatic carbocycles. The van der Waals surface area contributed by atoms with E-state index in [9.17, 15) is 33.6 Å². The Morgan fingerprint density at radius 3 is 1.49 bits per heavy atom.